The van der Waals surface area contributed by atoms with Crippen molar-refractivity contribution >= 4 is 6.29 Å². The maximum atomic E-state index is 10.3. The molecule has 2 rings (SSSR count). The highest BCUT2D eigenvalue weighted by Gasteiger charge is 2.03. The normalized spacial score (nSPS) is 10.0. The van der Waals surface area contributed by atoms with Crippen molar-refractivity contribution < 1.29 is 9.21 Å². The Labute approximate surface area is 68.2 Å². The molecule has 0 unspecified atom stereocenters. The highest BCUT2D eigenvalue weighted by Crippen LogP contribution is 2.14. The van der Waals surface area contributed by atoms with Gasteiger partial charge < -0.3 is 9.40 Å². The Morgan fingerprint density at radius 3 is 3.00 bits per heavy atom. The predicted molar refractivity (Wildman–Crippen MR) is 41.7 cm³/mol. The molecule has 0 aromatic carbocycles. The maximum Gasteiger partial charge on any atom is 0.242 e. The number of nitrogens with zero attached hydrogens (tertiary/aromatic N) is 1. The van der Waals surface area contributed by atoms with Crippen molar-refractivity contribution in [1.82, 2.24) is 9.97 Å². The van der Waals surface area contributed by atoms with Gasteiger partial charge in [-0.1, -0.05) is 0 Å². The van der Waals surface area contributed by atoms with Crippen molar-refractivity contribution in [2.45, 2.75) is 0 Å². The highest BCUT2D eigenvalue weighted by atomic mass is 16.3. The van der Waals surface area contributed by atoms with Gasteiger partial charge in [-0.15, -0.1) is 0 Å². The Morgan fingerprint density at radius 2 is 2.42 bits per heavy atom. The van der Waals surface area contributed by atoms with E-state index in [4.69, 9.17) is 4.42 Å². The molecule has 4 nitrogen and oxygen atoms in total. The fraction of sp³-hybridized carbons (Fsp3) is 0. The van der Waals surface area contributed by atoms with E-state index in [2.05, 4.69) is 9.97 Å². The van der Waals surface area contributed by atoms with Crippen LogP contribution in [0.5, 0.6) is 0 Å². The van der Waals surface area contributed by atoms with Crippen LogP contribution in [0.1, 0.15) is 10.5 Å². The molecule has 0 atom stereocenters. The van der Waals surface area contributed by atoms with Crippen LogP contribution < -0.4 is 0 Å². The van der Waals surface area contributed by atoms with Crippen LogP contribution in [0.3, 0.4) is 0 Å². The van der Waals surface area contributed by atoms with Crippen molar-refractivity contribution in [3.05, 3.63) is 30.3 Å². The van der Waals surface area contributed by atoms with Gasteiger partial charge in [0.05, 0.1) is 11.9 Å². The van der Waals surface area contributed by atoms with Crippen LogP contribution in [0.15, 0.2) is 29.0 Å². The third kappa shape index (κ3) is 1.03. The van der Waals surface area contributed by atoms with E-state index in [0.29, 0.717) is 17.3 Å². The Hall–Kier alpha value is -1.84. The molecule has 0 radical (unpaired) electrons. The SMILES string of the molecule is O=Cc1ccc(-c2ncco2)[nH]1. The molecule has 2 aromatic rings. The minimum atomic E-state index is 0.489. The van der Waals surface area contributed by atoms with E-state index in [1.54, 1.807) is 18.3 Å². The summed E-state index contributed by atoms with van der Waals surface area (Å²) in [6, 6.07) is 3.42. The van der Waals surface area contributed by atoms with Gasteiger partial charge in [0.1, 0.15) is 12.0 Å². The molecule has 1 N–H and O–H groups in total. The largest absolute Gasteiger partial charge is 0.443 e. The predicted octanol–water partition coefficient (Wildman–Crippen LogP) is 1.48. The van der Waals surface area contributed by atoms with Crippen LogP contribution in [0.2, 0.25) is 0 Å². The summed E-state index contributed by atoms with van der Waals surface area (Å²) in [7, 11) is 0. The lowest BCUT2D eigenvalue weighted by molar-refractivity contribution is 0.111. The van der Waals surface area contributed by atoms with Gasteiger partial charge in [0.25, 0.3) is 0 Å². The number of nitrogens with one attached hydrogen (secondary N) is 1. The molecule has 0 fully saturated rings. The maximum absolute atomic E-state index is 10.3. The Kier molecular flexibility index (Phi) is 1.51. The summed E-state index contributed by atoms with van der Waals surface area (Å²) >= 11 is 0. The number of hydrogen-bond donors (Lipinski definition) is 1. The van der Waals surface area contributed by atoms with E-state index in [1.807, 2.05) is 0 Å². The van der Waals surface area contributed by atoms with Crippen molar-refractivity contribution in [2.24, 2.45) is 0 Å². The van der Waals surface area contributed by atoms with Crippen LogP contribution in [-0.4, -0.2) is 16.3 Å². The number of oxazole rings is 1. The van der Waals surface area contributed by atoms with Gasteiger partial charge >= 0.3 is 0 Å². The first-order valence-corrected chi connectivity index (χ1v) is 3.44. The van der Waals surface area contributed by atoms with Gasteiger partial charge in [-0.05, 0) is 12.1 Å². The molecule has 0 saturated heterocycles. The van der Waals surface area contributed by atoms with Crippen LogP contribution in [0.25, 0.3) is 11.6 Å². The molecule has 0 saturated carbocycles. The van der Waals surface area contributed by atoms with Gasteiger partial charge in [0.2, 0.25) is 5.89 Å². The monoisotopic (exact) mass is 162 g/mol. The van der Waals surface area contributed by atoms with Gasteiger partial charge in [-0.3, -0.25) is 4.79 Å². The molecule has 0 amide bonds. The lowest BCUT2D eigenvalue weighted by atomic mass is 10.4. The summed E-state index contributed by atoms with van der Waals surface area (Å²) in [5.74, 6) is 0.489. The fourth-order valence-electron chi connectivity index (χ4n) is 0.962. The Bertz CT molecular complexity index is 375. The summed E-state index contributed by atoms with van der Waals surface area (Å²) in [6.45, 7) is 0. The van der Waals surface area contributed by atoms with Gasteiger partial charge in [-0.25, -0.2) is 4.98 Å². The first-order chi connectivity index (χ1) is 5.90. The molecular weight excluding hydrogens is 156 g/mol. The molecule has 0 aliphatic heterocycles. The van der Waals surface area contributed by atoms with Gasteiger partial charge in [-0.2, -0.15) is 0 Å². The molecule has 0 spiro atoms. The van der Waals surface area contributed by atoms with Crippen molar-refractivity contribution in [3.63, 3.8) is 0 Å². The molecule has 4 heteroatoms. The second-order valence-corrected chi connectivity index (χ2v) is 2.28. The molecule has 12 heavy (non-hydrogen) atoms. The summed E-state index contributed by atoms with van der Waals surface area (Å²) in [4.78, 5) is 17.1. The smallest absolute Gasteiger partial charge is 0.242 e. The minimum Gasteiger partial charge on any atom is -0.443 e. The Morgan fingerprint density at radius 1 is 1.50 bits per heavy atom. The van der Waals surface area contributed by atoms with E-state index in [9.17, 15) is 4.79 Å². The molecule has 2 heterocycles. The molecule has 60 valence electrons. The van der Waals surface area contributed by atoms with Crippen LogP contribution in [0, 0.1) is 0 Å². The Balaban J connectivity index is 2.41. The minimum absolute atomic E-state index is 0.489. The van der Waals surface area contributed by atoms with E-state index in [0.717, 1.165) is 6.29 Å². The number of aromatic amines is 1. The second kappa shape index (κ2) is 2.65. The van der Waals surface area contributed by atoms with E-state index >= 15 is 0 Å². The lowest BCUT2D eigenvalue weighted by Gasteiger charge is -1.86. The van der Waals surface area contributed by atoms with Crippen LogP contribution in [-0.2, 0) is 0 Å². The number of H-pyrrole nitrogens is 1. The summed E-state index contributed by atoms with van der Waals surface area (Å²) in [5.41, 5.74) is 1.23. The molecule has 2 aromatic heterocycles. The number of carbonyl (C=O) groups is 1. The molecule has 0 aliphatic carbocycles. The van der Waals surface area contributed by atoms with Crippen molar-refractivity contribution in [3.8, 4) is 11.6 Å². The summed E-state index contributed by atoms with van der Waals surface area (Å²) in [5, 5.41) is 0. The number of rotatable bonds is 2. The van der Waals surface area contributed by atoms with Gasteiger partial charge in [0, 0.05) is 0 Å². The van der Waals surface area contributed by atoms with Crippen LogP contribution in [0.4, 0.5) is 0 Å². The van der Waals surface area contributed by atoms with E-state index in [1.165, 1.54) is 6.26 Å². The fourth-order valence-corrected chi connectivity index (χ4v) is 0.962. The number of aromatic nitrogens is 2. The zero-order chi connectivity index (χ0) is 8.39. The zero-order valence-corrected chi connectivity index (χ0v) is 6.15. The summed E-state index contributed by atoms with van der Waals surface area (Å²) in [6.07, 6.45) is 3.78. The summed E-state index contributed by atoms with van der Waals surface area (Å²) < 4.78 is 5.02. The van der Waals surface area contributed by atoms with E-state index < -0.39 is 0 Å². The average molecular weight is 162 g/mol. The van der Waals surface area contributed by atoms with E-state index in [-0.39, 0.29) is 0 Å². The molecule has 0 aliphatic rings. The first kappa shape index (κ1) is 6.84. The zero-order valence-electron chi connectivity index (χ0n) is 6.15. The molecular formula is C8H6N2O2. The van der Waals surface area contributed by atoms with Crippen LogP contribution >= 0.6 is 0 Å². The molecule has 0 bridgehead atoms. The lowest BCUT2D eigenvalue weighted by Crippen LogP contribution is -1.79. The third-order valence-electron chi connectivity index (χ3n) is 1.50. The average Bonchev–Trinajstić information content (AvgIpc) is 2.75. The third-order valence-corrected chi connectivity index (χ3v) is 1.50. The topological polar surface area (TPSA) is 58.9 Å². The standard InChI is InChI=1S/C8H6N2O2/c11-5-6-1-2-7(10-6)8-9-3-4-12-8/h1-5,10H. The second-order valence-electron chi connectivity index (χ2n) is 2.28. The highest BCUT2D eigenvalue weighted by molar-refractivity contribution is 5.73. The number of aldehydes is 1. The quantitative estimate of drug-likeness (QED) is 0.680. The number of hydrogen-bond acceptors (Lipinski definition) is 3. The first-order valence-electron chi connectivity index (χ1n) is 3.44. The van der Waals surface area contributed by atoms with Crippen molar-refractivity contribution in [2.75, 3.05) is 0 Å². The van der Waals surface area contributed by atoms with Gasteiger partial charge in [0.15, 0.2) is 6.29 Å². The van der Waals surface area contributed by atoms with Crippen molar-refractivity contribution in [1.29, 1.82) is 0 Å². The number of carbonyl (C=O) groups excluding carboxylic acids is 1.